The van der Waals surface area contributed by atoms with E-state index in [1.165, 1.54) is 19.3 Å². The first-order valence-electron chi connectivity index (χ1n) is 5.37. The molecule has 0 aromatic rings. The summed E-state index contributed by atoms with van der Waals surface area (Å²) in [4.78, 5) is 2.33. The van der Waals surface area contributed by atoms with Crippen molar-refractivity contribution in [3.05, 3.63) is 0 Å². The summed E-state index contributed by atoms with van der Waals surface area (Å²) in [6.07, 6.45) is 3.90. The van der Waals surface area contributed by atoms with Crippen LogP contribution in [0.2, 0.25) is 0 Å². The van der Waals surface area contributed by atoms with E-state index in [1.807, 2.05) is 0 Å². The quantitative estimate of drug-likeness (QED) is 0.708. The molecule has 1 aliphatic carbocycles. The molecular formula is C11H24N2. The Labute approximate surface area is 82.5 Å². The lowest BCUT2D eigenvalue weighted by Crippen LogP contribution is -2.54. The predicted octanol–water partition coefficient (Wildman–Crippen LogP) is 1.70. The van der Waals surface area contributed by atoms with Crippen molar-refractivity contribution < 1.29 is 0 Å². The van der Waals surface area contributed by atoms with Crippen molar-refractivity contribution in [2.24, 2.45) is 17.6 Å². The van der Waals surface area contributed by atoms with Gasteiger partial charge < -0.3 is 10.6 Å². The van der Waals surface area contributed by atoms with Gasteiger partial charge in [0.15, 0.2) is 0 Å². The number of nitrogens with zero attached hydrogens (tertiary/aromatic N) is 1. The second kappa shape index (κ2) is 3.97. The van der Waals surface area contributed by atoms with Gasteiger partial charge in [-0.1, -0.05) is 13.8 Å². The largest absolute Gasteiger partial charge is 0.329 e. The zero-order valence-electron chi connectivity index (χ0n) is 9.51. The molecule has 0 spiro atoms. The summed E-state index contributed by atoms with van der Waals surface area (Å²) >= 11 is 0. The van der Waals surface area contributed by atoms with Crippen LogP contribution in [0.1, 0.15) is 33.1 Å². The van der Waals surface area contributed by atoms with Crippen molar-refractivity contribution in [3.8, 4) is 0 Å². The van der Waals surface area contributed by atoms with E-state index in [0.717, 1.165) is 18.4 Å². The van der Waals surface area contributed by atoms with Gasteiger partial charge in [-0.15, -0.1) is 0 Å². The van der Waals surface area contributed by atoms with Gasteiger partial charge in [-0.25, -0.2) is 0 Å². The first kappa shape index (κ1) is 11.0. The molecule has 1 rings (SSSR count). The van der Waals surface area contributed by atoms with Gasteiger partial charge in [0.2, 0.25) is 0 Å². The van der Waals surface area contributed by atoms with Crippen molar-refractivity contribution in [1.29, 1.82) is 0 Å². The summed E-state index contributed by atoms with van der Waals surface area (Å²) < 4.78 is 0. The summed E-state index contributed by atoms with van der Waals surface area (Å²) in [5, 5.41) is 0. The van der Waals surface area contributed by atoms with E-state index in [4.69, 9.17) is 5.73 Å². The second-order valence-corrected chi connectivity index (χ2v) is 5.18. The highest BCUT2D eigenvalue weighted by atomic mass is 15.2. The lowest BCUT2D eigenvalue weighted by molar-refractivity contribution is 0.0579. The minimum absolute atomic E-state index is 0.275. The Balaban J connectivity index is 2.74. The SMILES string of the molecule is CC1CC(C)CC(CN)(N(C)C)C1. The van der Waals surface area contributed by atoms with Gasteiger partial charge in [0.05, 0.1) is 0 Å². The van der Waals surface area contributed by atoms with Gasteiger partial charge in [-0.05, 0) is 45.2 Å². The van der Waals surface area contributed by atoms with Crippen LogP contribution in [0.5, 0.6) is 0 Å². The molecule has 0 radical (unpaired) electrons. The van der Waals surface area contributed by atoms with Crippen LogP contribution in [0.25, 0.3) is 0 Å². The highest BCUT2D eigenvalue weighted by molar-refractivity contribution is 4.95. The van der Waals surface area contributed by atoms with E-state index >= 15 is 0 Å². The predicted molar refractivity (Wildman–Crippen MR) is 57.7 cm³/mol. The van der Waals surface area contributed by atoms with Crippen LogP contribution in [-0.4, -0.2) is 31.1 Å². The first-order valence-corrected chi connectivity index (χ1v) is 5.37. The van der Waals surface area contributed by atoms with E-state index in [-0.39, 0.29) is 5.54 Å². The molecule has 2 atom stereocenters. The van der Waals surface area contributed by atoms with Crippen molar-refractivity contribution in [2.75, 3.05) is 20.6 Å². The van der Waals surface area contributed by atoms with Crippen LogP contribution in [0.3, 0.4) is 0 Å². The minimum Gasteiger partial charge on any atom is -0.329 e. The molecule has 1 fully saturated rings. The topological polar surface area (TPSA) is 29.3 Å². The molecule has 2 N–H and O–H groups in total. The fourth-order valence-electron chi connectivity index (χ4n) is 2.95. The average molecular weight is 184 g/mol. The van der Waals surface area contributed by atoms with Gasteiger partial charge in [0.1, 0.15) is 0 Å². The summed E-state index contributed by atoms with van der Waals surface area (Å²) in [5.41, 5.74) is 6.20. The number of likely N-dealkylation sites (N-methyl/N-ethyl adjacent to an activating group) is 1. The van der Waals surface area contributed by atoms with Crippen LogP contribution in [0, 0.1) is 11.8 Å². The van der Waals surface area contributed by atoms with Gasteiger partial charge in [-0.3, -0.25) is 0 Å². The van der Waals surface area contributed by atoms with Crippen LogP contribution in [0.15, 0.2) is 0 Å². The third-order valence-corrected chi connectivity index (χ3v) is 3.59. The Hall–Kier alpha value is -0.0800. The molecule has 0 amide bonds. The molecule has 1 aliphatic rings. The van der Waals surface area contributed by atoms with Crippen molar-refractivity contribution in [2.45, 2.75) is 38.6 Å². The van der Waals surface area contributed by atoms with E-state index in [1.54, 1.807) is 0 Å². The number of hydrogen-bond donors (Lipinski definition) is 1. The Morgan fingerprint density at radius 3 is 2.00 bits per heavy atom. The third kappa shape index (κ3) is 2.23. The molecular weight excluding hydrogens is 160 g/mol. The highest BCUT2D eigenvalue weighted by Gasteiger charge is 2.38. The maximum Gasteiger partial charge on any atom is 0.0330 e. The van der Waals surface area contributed by atoms with Crippen LogP contribution >= 0.6 is 0 Å². The fraction of sp³-hybridized carbons (Fsp3) is 1.00. The van der Waals surface area contributed by atoms with Crippen molar-refractivity contribution in [1.82, 2.24) is 4.90 Å². The number of rotatable bonds is 2. The molecule has 0 bridgehead atoms. The van der Waals surface area contributed by atoms with Crippen LogP contribution in [-0.2, 0) is 0 Å². The van der Waals surface area contributed by atoms with Crippen molar-refractivity contribution in [3.63, 3.8) is 0 Å². The molecule has 0 heterocycles. The molecule has 2 nitrogen and oxygen atoms in total. The van der Waals surface area contributed by atoms with E-state index in [0.29, 0.717) is 0 Å². The molecule has 78 valence electrons. The highest BCUT2D eigenvalue weighted by Crippen LogP contribution is 2.37. The van der Waals surface area contributed by atoms with Crippen LogP contribution < -0.4 is 5.73 Å². The normalized spacial score (nSPS) is 41.1. The van der Waals surface area contributed by atoms with Crippen LogP contribution in [0.4, 0.5) is 0 Å². The zero-order valence-corrected chi connectivity index (χ0v) is 9.51. The Morgan fingerprint density at radius 1 is 1.23 bits per heavy atom. The Bertz CT molecular complexity index is 155. The standard InChI is InChI=1S/C11H24N2/c1-9-5-10(2)7-11(6-9,8-12)13(3)4/h9-10H,5-8,12H2,1-4H3. The molecule has 1 saturated carbocycles. The van der Waals surface area contributed by atoms with Crippen molar-refractivity contribution >= 4 is 0 Å². The lowest BCUT2D eigenvalue weighted by Gasteiger charge is -2.46. The summed E-state index contributed by atoms with van der Waals surface area (Å²) in [5.74, 6) is 1.66. The maximum atomic E-state index is 5.92. The van der Waals surface area contributed by atoms with Gasteiger partial charge in [0, 0.05) is 12.1 Å². The second-order valence-electron chi connectivity index (χ2n) is 5.18. The molecule has 0 saturated heterocycles. The van der Waals surface area contributed by atoms with E-state index in [9.17, 15) is 0 Å². The Morgan fingerprint density at radius 2 is 1.69 bits per heavy atom. The molecule has 2 unspecified atom stereocenters. The number of hydrogen-bond acceptors (Lipinski definition) is 2. The summed E-state index contributed by atoms with van der Waals surface area (Å²) in [6, 6.07) is 0. The molecule has 13 heavy (non-hydrogen) atoms. The third-order valence-electron chi connectivity index (χ3n) is 3.59. The van der Waals surface area contributed by atoms with E-state index in [2.05, 4.69) is 32.8 Å². The van der Waals surface area contributed by atoms with E-state index < -0.39 is 0 Å². The molecule has 0 aromatic heterocycles. The Kier molecular flexibility index (Phi) is 3.36. The minimum atomic E-state index is 0.275. The van der Waals surface area contributed by atoms with Gasteiger partial charge in [0.25, 0.3) is 0 Å². The molecule has 0 aliphatic heterocycles. The zero-order chi connectivity index (χ0) is 10.1. The fourth-order valence-corrected chi connectivity index (χ4v) is 2.95. The summed E-state index contributed by atoms with van der Waals surface area (Å²) in [6.45, 7) is 5.50. The number of nitrogens with two attached hydrogens (primary N) is 1. The molecule has 0 aromatic carbocycles. The maximum absolute atomic E-state index is 5.92. The molecule has 2 heteroatoms. The summed E-state index contributed by atoms with van der Waals surface area (Å²) in [7, 11) is 4.33. The monoisotopic (exact) mass is 184 g/mol. The average Bonchev–Trinajstić information content (AvgIpc) is 2.02. The first-order chi connectivity index (χ1) is 6.00. The smallest absolute Gasteiger partial charge is 0.0330 e. The lowest BCUT2D eigenvalue weighted by atomic mass is 9.71. The van der Waals surface area contributed by atoms with Gasteiger partial charge in [-0.2, -0.15) is 0 Å². The van der Waals surface area contributed by atoms with Gasteiger partial charge >= 0.3 is 0 Å².